The van der Waals surface area contributed by atoms with Gasteiger partial charge >= 0.3 is 5.92 Å². The van der Waals surface area contributed by atoms with E-state index in [0.29, 0.717) is 40.2 Å². The summed E-state index contributed by atoms with van der Waals surface area (Å²) in [5.41, 5.74) is -2.57. The summed E-state index contributed by atoms with van der Waals surface area (Å²) in [7, 11) is 3.16. The number of halogens is 3. The number of carbonyl (C=O) groups is 1. The molecule has 1 amide bonds. The smallest absolute Gasteiger partial charge is 0.303 e. The van der Waals surface area contributed by atoms with Crippen molar-refractivity contribution in [1.82, 2.24) is 9.97 Å². The highest BCUT2D eigenvalue weighted by Crippen LogP contribution is 2.46. The summed E-state index contributed by atoms with van der Waals surface area (Å²) in [6.45, 7) is 7.08. The zero-order valence-corrected chi connectivity index (χ0v) is 21.9. The summed E-state index contributed by atoms with van der Waals surface area (Å²) in [5, 5.41) is 13.7. The molecule has 0 aliphatic carbocycles. The standard InChI is InChI=1S/C27H31F3N4O3/c1-8-26(37-7)19-13-20-17(12-21(19)34(6)24(26)35)23(33-15(3)32-20)31-14(2)16-10-9-11-18(22(16)28)27(29,30)25(4,5)36/h9-14,36H,8H2,1-7H3,(H,31,32,33)/t14-,26-/m1/s1. The van der Waals surface area contributed by atoms with Crippen LogP contribution in [0.2, 0.25) is 0 Å². The number of nitrogens with one attached hydrogen (secondary N) is 1. The normalized spacial score (nSPS) is 18.9. The van der Waals surface area contributed by atoms with E-state index >= 15 is 4.39 Å². The fourth-order valence-electron chi connectivity index (χ4n) is 4.91. The topological polar surface area (TPSA) is 87.6 Å². The summed E-state index contributed by atoms with van der Waals surface area (Å²) >= 11 is 0. The van der Waals surface area contributed by atoms with Gasteiger partial charge in [0.25, 0.3) is 5.91 Å². The molecular formula is C27H31F3N4O3. The minimum absolute atomic E-state index is 0.0105. The van der Waals surface area contributed by atoms with Crippen molar-refractivity contribution in [2.24, 2.45) is 0 Å². The van der Waals surface area contributed by atoms with Crippen LogP contribution in [0.25, 0.3) is 10.9 Å². The summed E-state index contributed by atoms with van der Waals surface area (Å²) in [5.74, 6) is -4.31. The van der Waals surface area contributed by atoms with E-state index in [4.69, 9.17) is 4.74 Å². The molecule has 10 heteroatoms. The van der Waals surface area contributed by atoms with Crippen LogP contribution in [0.5, 0.6) is 0 Å². The summed E-state index contributed by atoms with van der Waals surface area (Å²) < 4.78 is 50.7. The number of alkyl halides is 2. The number of methoxy groups -OCH3 is 1. The monoisotopic (exact) mass is 516 g/mol. The van der Waals surface area contributed by atoms with Crippen molar-refractivity contribution < 1.29 is 27.8 Å². The number of hydrogen-bond acceptors (Lipinski definition) is 6. The van der Waals surface area contributed by atoms with Crippen LogP contribution in [0.1, 0.15) is 62.7 Å². The highest BCUT2D eigenvalue weighted by atomic mass is 19.3. The first kappa shape index (κ1) is 26.8. The van der Waals surface area contributed by atoms with Gasteiger partial charge in [-0.25, -0.2) is 14.4 Å². The molecule has 0 unspecified atom stereocenters. The van der Waals surface area contributed by atoms with Crippen LogP contribution in [0, 0.1) is 12.7 Å². The van der Waals surface area contributed by atoms with E-state index in [1.54, 1.807) is 33.0 Å². The lowest BCUT2D eigenvalue weighted by Crippen LogP contribution is -2.41. The highest BCUT2D eigenvalue weighted by molar-refractivity contribution is 6.09. The molecule has 0 saturated carbocycles. The van der Waals surface area contributed by atoms with Crippen LogP contribution in [0.3, 0.4) is 0 Å². The van der Waals surface area contributed by atoms with Crippen LogP contribution in [0.4, 0.5) is 24.7 Å². The molecule has 0 radical (unpaired) electrons. The molecule has 2 heterocycles. The Hall–Kier alpha value is -3.24. The predicted octanol–water partition coefficient (Wildman–Crippen LogP) is 5.34. The minimum atomic E-state index is -3.81. The number of aliphatic hydroxyl groups is 1. The van der Waals surface area contributed by atoms with Gasteiger partial charge in [-0.2, -0.15) is 8.78 Å². The molecule has 198 valence electrons. The molecule has 2 aromatic carbocycles. The van der Waals surface area contributed by atoms with E-state index in [1.807, 2.05) is 6.92 Å². The molecule has 2 atom stereocenters. The Labute approximate surface area is 213 Å². The zero-order chi connectivity index (χ0) is 27.5. The second kappa shape index (κ2) is 8.95. The summed E-state index contributed by atoms with van der Waals surface area (Å²) in [6.07, 6.45) is 0.433. The average molecular weight is 517 g/mol. The number of ether oxygens (including phenoxy) is 1. The van der Waals surface area contributed by atoms with Crippen LogP contribution in [-0.4, -0.2) is 40.7 Å². The number of benzene rings is 2. The van der Waals surface area contributed by atoms with Gasteiger partial charge in [-0.3, -0.25) is 4.79 Å². The SMILES string of the molecule is CC[C@]1(OC)C(=O)N(C)c2cc3c(N[C@H](C)c4cccc(C(F)(F)C(C)(C)O)c4F)nc(C)nc3cc21. The lowest BCUT2D eigenvalue weighted by Gasteiger charge is -2.30. The third-order valence-electron chi connectivity index (χ3n) is 7.17. The molecule has 0 spiro atoms. The molecule has 7 nitrogen and oxygen atoms in total. The van der Waals surface area contributed by atoms with Crippen molar-refractivity contribution in [1.29, 1.82) is 0 Å². The minimum Gasteiger partial charge on any atom is -0.384 e. The second-order valence-electron chi connectivity index (χ2n) is 9.96. The lowest BCUT2D eigenvalue weighted by atomic mass is 9.90. The predicted molar refractivity (Wildman–Crippen MR) is 135 cm³/mol. The Morgan fingerprint density at radius 1 is 1.24 bits per heavy atom. The number of aryl methyl sites for hydroxylation is 1. The number of carbonyl (C=O) groups excluding carboxylic acids is 1. The van der Waals surface area contributed by atoms with Crippen molar-refractivity contribution in [3.05, 3.63) is 58.7 Å². The highest BCUT2D eigenvalue weighted by Gasteiger charge is 2.50. The van der Waals surface area contributed by atoms with Gasteiger partial charge in [-0.05, 0) is 52.3 Å². The first-order valence-electron chi connectivity index (χ1n) is 12.0. The van der Waals surface area contributed by atoms with Gasteiger partial charge in [0.15, 0.2) is 5.60 Å². The maximum atomic E-state index is 15.4. The number of rotatable bonds is 7. The molecule has 0 fully saturated rings. The van der Waals surface area contributed by atoms with Gasteiger partial charge in [-0.15, -0.1) is 0 Å². The maximum Gasteiger partial charge on any atom is 0.303 e. The molecule has 0 saturated heterocycles. The quantitative estimate of drug-likeness (QED) is 0.441. The average Bonchev–Trinajstić information content (AvgIpc) is 3.03. The number of aromatic nitrogens is 2. The molecule has 4 rings (SSSR count). The molecule has 1 aliphatic rings. The molecule has 3 aromatic rings. The van der Waals surface area contributed by atoms with Crippen LogP contribution < -0.4 is 10.2 Å². The van der Waals surface area contributed by atoms with Gasteiger partial charge in [0.1, 0.15) is 23.1 Å². The Balaban J connectivity index is 1.81. The van der Waals surface area contributed by atoms with Crippen molar-refractivity contribution in [2.45, 2.75) is 64.2 Å². The maximum absolute atomic E-state index is 15.4. The van der Waals surface area contributed by atoms with Gasteiger partial charge < -0.3 is 20.1 Å². The van der Waals surface area contributed by atoms with Gasteiger partial charge in [-0.1, -0.05) is 19.1 Å². The second-order valence-corrected chi connectivity index (χ2v) is 9.96. The fraction of sp³-hybridized carbons (Fsp3) is 0.444. The van der Waals surface area contributed by atoms with E-state index in [2.05, 4.69) is 15.3 Å². The first-order valence-corrected chi connectivity index (χ1v) is 12.0. The molecule has 1 aromatic heterocycles. The molecular weight excluding hydrogens is 485 g/mol. The number of hydrogen-bond donors (Lipinski definition) is 2. The van der Waals surface area contributed by atoms with Gasteiger partial charge in [0.2, 0.25) is 0 Å². The lowest BCUT2D eigenvalue weighted by molar-refractivity contribution is -0.170. The number of anilines is 2. The van der Waals surface area contributed by atoms with Crippen LogP contribution in [-0.2, 0) is 21.1 Å². The fourth-order valence-corrected chi connectivity index (χ4v) is 4.91. The van der Waals surface area contributed by atoms with Crippen molar-refractivity contribution in [2.75, 3.05) is 24.4 Å². The van der Waals surface area contributed by atoms with E-state index in [0.717, 1.165) is 19.9 Å². The van der Waals surface area contributed by atoms with Crippen LogP contribution >= 0.6 is 0 Å². The largest absolute Gasteiger partial charge is 0.384 e. The van der Waals surface area contributed by atoms with Gasteiger partial charge in [0.05, 0.1) is 22.8 Å². The Kier molecular flexibility index (Phi) is 6.49. The third-order valence-corrected chi connectivity index (χ3v) is 7.17. The number of amides is 1. The molecule has 0 bridgehead atoms. The van der Waals surface area contributed by atoms with E-state index in [9.17, 15) is 18.7 Å². The van der Waals surface area contributed by atoms with Crippen molar-refractivity contribution >= 4 is 28.3 Å². The molecule has 37 heavy (non-hydrogen) atoms. The van der Waals surface area contributed by atoms with E-state index in [-0.39, 0.29) is 11.5 Å². The zero-order valence-electron chi connectivity index (χ0n) is 21.9. The van der Waals surface area contributed by atoms with Crippen molar-refractivity contribution in [3.63, 3.8) is 0 Å². The Morgan fingerprint density at radius 3 is 2.51 bits per heavy atom. The number of fused-ring (bicyclic) bond motifs is 2. The first-order chi connectivity index (χ1) is 17.2. The Morgan fingerprint density at radius 2 is 1.92 bits per heavy atom. The van der Waals surface area contributed by atoms with Crippen molar-refractivity contribution in [3.8, 4) is 0 Å². The molecule has 1 aliphatic heterocycles. The van der Waals surface area contributed by atoms with E-state index in [1.165, 1.54) is 24.1 Å². The van der Waals surface area contributed by atoms with E-state index < -0.39 is 34.5 Å². The van der Waals surface area contributed by atoms with Crippen LogP contribution in [0.15, 0.2) is 30.3 Å². The third kappa shape index (κ3) is 4.02. The Bertz CT molecular complexity index is 1380. The number of likely N-dealkylation sites (N-methyl/N-ethyl adjacent to an activating group) is 1. The summed E-state index contributed by atoms with van der Waals surface area (Å²) in [6, 6.07) is 6.52. The summed E-state index contributed by atoms with van der Waals surface area (Å²) in [4.78, 5) is 23.6. The number of nitrogens with zero attached hydrogens (tertiary/aromatic N) is 3. The molecule has 2 N–H and O–H groups in total. The van der Waals surface area contributed by atoms with Gasteiger partial charge in [0, 0.05) is 30.7 Å².